The van der Waals surface area contributed by atoms with Crippen LogP contribution in [0.1, 0.15) is 12.0 Å². The fourth-order valence-electron chi connectivity index (χ4n) is 3.58. The number of nitrogens with zero attached hydrogens (tertiary/aromatic N) is 4. The van der Waals surface area contributed by atoms with Crippen molar-refractivity contribution in [3.05, 3.63) is 72.2 Å². The van der Waals surface area contributed by atoms with E-state index < -0.39 is 11.1 Å². The Morgan fingerprint density at radius 1 is 1.26 bits per heavy atom. The average molecular weight is 435 g/mol. The van der Waals surface area contributed by atoms with Gasteiger partial charge in [-0.15, -0.1) is 0 Å². The Bertz CT molecular complexity index is 1160. The van der Waals surface area contributed by atoms with Crippen molar-refractivity contribution < 1.29 is 13.6 Å². The van der Waals surface area contributed by atoms with Crippen LogP contribution in [0.4, 0.5) is 11.5 Å². The monoisotopic (exact) mass is 435 g/mol. The SMILES string of the molecule is O=C(Nc1ccnc(N2CCC2)c1)C1=CNC2C=CC(c3ccccc3S(=O)[O-])=NN12. The third kappa shape index (κ3) is 3.71. The molecule has 1 amide bonds. The van der Waals surface area contributed by atoms with Gasteiger partial charge in [0.1, 0.15) is 17.7 Å². The fraction of sp³-hybridized carbons (Fsp3) is 0.190. The smallest absolute Gasteiger partial charge is 0.275 e. The number of pyridine rings is 1. The first-order chi connectivity index (χ1) is 15.1. The quantitative estimate of drug-likeness (QED) is 0.685. The van der Waals surface area contributed by atoms with Crippen molar-refractivity contribution >= 4 is 34.2 Å². The number of amides is 1. The molecular formula is C21H19N6O3S-. The van der Waals surface area contributed by atoms with Crippen molar-refractivity contribution in [1.29, 1.82) is 0 Å². The van der Waals surface area contributed by atoms with Gasteiger partial charge in [-0.2, -0.15) is 5.10 Å². The van der Waals surface area contributed by atoms with Gasteiger partial charge in [0.05, 0.1) is 5.71 Å². The molecule has 5 rings (SSSR count). The normalized spacial score (nSPS) is 20.2. The van der Waals surface area contributed by atoms with Crippen LogP contribution in [0.25, 0.3) is 0 Å². The zero-order chi connectivity index (χ0) is 21.4. The van der Waals surface area contributed by atoms with E-state index in [1.54, 1.807) is 47.7 Å². The third-order valence-corrected chi connectivity index (χ3v) is 6.03. The molecule has 31 heavy (non-hydrogen) atoms. The van der Waals surface area contributed by atoms with Crippen LogP contribution in [0, 0.1) is 0 Å². The number of benzene rings is 1. The maximum Gasteiger partial charge on any atom is 0.275 e. The molecule has 1 aromatic heterocycles. The predicted octanol–water partition coefficient (Wildman–Crippen LogP) is 1.51. The summed E-state index contributed by atoms with van der Waals surface area (Å²) in [6.07, 6.45) is 7.68. The van der Waals surface area contributed by atoms with Crippen LogP contribution in [0.2, 0.25) is 0 Å². The van der Waals surface area contributed by atoms with Gasteiger partial charge in [0, 0.05) is 47.7 Å². The number of anilines is 2. The van der Waals surface area contributed by atoms with E-state index in [0.717, 1.165) is 25.3 Å². The molecule has 2 N–H and O–H groups in total. The van der Waals surface area contributed by atoms with Gasteiger partial charge in [0.25, 0.3) is 5.91 Å². The Morgan fingerprint density at radius 2 is 2.10 bits per heavy atom. The van der Waals surface area contributed by atoms with E-state index in [-0.39, 0.29) is 17.0 Å². The molecule has 3 aliphatic rings. The number of rotatable bonds is 5. The zero-order valence-corrected chi connectivity index (χ0v) is 17.2. The number of carbonyl (C=O) groups excluding carboxylic acids is 1. The Hall–Kier alpha value is -3.50. The summed E-state index contributed by atoms with van der Waals surface area (Å²) in [7, 11) is 0. The molecule has 3 aliphatic heterocycles. The highest BCUT2D eigenvalue weighted by molar-refractivity contribution is 7.79. The second kappa shape index (κ2) is 7.97. The second-order valence-corrected chi connectivity index (χ2v) is 8.17. The maximum atomic E-state index is 13.0. The summed E-state index contributed by atoms with van der Waals surface area (Å²) in [5, 5.41) is 12.1. The summed E-state index contributed by atoms with van der Waals surface area (Å²) >= 11 is -2.40. The summed E-state index contributed by atoms with van der Waals surface area (Å²) in [5.41, 5.74) is 1.91. The number of allylic oxidation sites excluding steroid dienone is 1. The molecule has 10 heteroatoms. The van der Waals surface area contributed by atoms with E-state index in [1.807, 2.05) is 12.1 Å². The van der Waals surface area contributed by atoms with Crippen molar-refractivity contribution in [2.75, 3.05) is 23.3 Å². The van der Waals surface area contributed by atoms with Crippen LogP contribution in [0.15, 0.2) is 76.6 Å². The van der Waals surface area contributed by atoms with Gasteiger partial charge in [-0.3, -0.25) is 9.00 Å². The molecule has 2 unspecified atom stereocenters. The first kappa shape index (κ1) is 19.5. The van der Waals surface area contributed by atoms with Crippen LogP contribution < -0.4 is 15.5 Å². The summed E-state index contributed by atoms with van der Waals surface area (Å²) in [4.78, 5) is 19.6. The molecule has 0 radical (unpaired) electrons. The number of fused-ring (bicyclic) bond motifs is 1. The van der Waals surface area contributed by atoms with E-state index in [2.05, 4.69) is 25.6 Å². The lowest BCUT2D eigenvalue weighted by molar-refractivity contribution is -0.114. The van der Waals surface area contributed by atoms with Crippen LogP contribution in [0.3, 0.4) is 0 Å². The Morgan fingerprint density at radius 3 is 2.87 bits per heavy atom. The highest BCUT2D eigenvalue weighted by atomic mass is 32.2. The molecule has 158 valence electrons. The fourth-order valence-corrected chi connectivity index (χ4v) is 4.12. The molecule has 2 aromatic rings. The first-order valence-electron chi connectivity index (χ1n) is 9.83. The molecule has 4 heterocycles. The van der Waals surface area contributed by atoms with E-state index >= 15 is 0 Å². The highest BCUT2D eigenvalue weighted by Gasteiger charge is 2.31. The predicted molar refractivity (Wildman–Crippen MR) is 116 cm³/mol. The lowest BCUT2D eigenvalue weighted by Crippen LogP contribution is -2.38. The van der Waals surface area contributed by atoms with Crippen molar-refractivity contribution in [1.82, 2.24) is 15.3 Å². The molecule has 1 saturated heterocycles. The van der Waals surface area contributed by atoms with Crippen molar-refractivity contribution in [2.45, 2.75) is 17.5 Å². The van der Waals surface area contributed by atoms with Crippen LogP contribution in [-0.2, 0) is 15.9 Å². The van der Waals surface area contributed by atoms with Crippen molar-refractivity contribution in [3.63, 3.8) is 0 Å². The van der Waals surface area contributed by atoms with Gasteiger partial charge in [-0.05, 0) is 41.8 Å². The number of hydrazone groups is 1. The molecule has 0 aliphatic carbocycles. The molecule has 9 nitrogen and oxygen atoms in total. The molecule has 0 bridgehead atoms. The number of hydrogen-bond donors (Lipinski definition) is 2. The van der Waals surface area contributed by atoms with Crippen LogP contribution in [-0.4, -0.2) is 49.6 Å². The lowest BCUT2D eigenvalue weighted by Gasteiger charge is -2.32. The van der Waals surface area contributed by atoms with Gasteiger partial charge >= 0.3 is 0 Å². The Kier molecular flexibility index (Phi) is 5.00. The summed E-state index contributed by atoms with van der Waals surface area (Å²) in [5.74, 6) is 0.513. The topological polar surface area (TPSA) is 113 Å². The minimum Gasteiger partial charge on any atom is -0.768 e. The van der Waals surface area contributed by atoms with Gasteiger partial charge in [-0.1, -0.05) is 18.2 Å². The van der Waals surface area contributed by atoms with Gasteiger partial charge < -0.3 is 20.1 Å². The van der Waals surface area contributed by atoms with Crippen LogP contribution >= 0.6 is 0 Å². The van der Waals surface area contributed by atoms with Crippen LogP contribution in [0.5, 0.6) is 0 Å². The van der Waals surface area contributed by atoms with Gasteiger partial charge in [0.2, 0.25) is 0 Å². The van der Waals surface area contributed by atoms with E-state index in [0.29, 0.717) is 22.7 Å². The number of hydrogen-bond acceptors (Lipinski definition) is 8. The average Bonchev–Trinajstić information content (AvgIpc) is 3.16. The summed E-state index contributed by atoms with van der Waals surface area (Å²) in [6, 6.07) is 10.2. The molecule has 1 aromatic carbocycles. The van der Waals surface area contributed by atoms with E-state index in [1.165, 1.54) is 6.07 Å². The summed E-state index contributed by atoms with van der Waals surface area (Å²) < 4.78 is 23.2. The molecule has 1 fully saturated rings. The Balaban J connectivity index is 1.37. The van der Waals surface area contributed by atoms with Crippen molar-refractivity contribution in [2.24, 2.45) is 5.10 Å². The second-order valence-electron chi connectivity index (χ2n) is 7.26. The minimum atomic E-state index is -2.40. The molecular weight excluding hydrogens is 416 g/mol. The van der Waals surface area contributed by atoms with E-state index in [9.17, 15) is 13.6 Å². The summed E-state index contributed by atoms with van der Waals surface area (Å²) in [6.45, 7) is 1.93. The third-order valence-electron chi connectivity index (χ3n) is 5.31. The van der Waals surface area contributed by atoms with Gasteiger partial charge in [0.15, 0.2) is 0 Å². The Labute approximate surface area is 181 Å². The first-order valence-corrected chi connectivity index (χ1v) is 10.9. The minimum absolute atomic E-state index is 0.154. The van der Waals surface area contributed by atoms with Crippen molar-refractivity contribution in [3.8, 4) is 0 Å². The molecule has 0 spiro atoms. The molecule has 0 saturated carbocycles. The van der Waals surface area contributed by atoms with Gasteiger partial charge in [-0.25, -0.2) is 9.99 Å². The lowest BCUT2D eigenvalue weighted by atomic mass is 10.1. The number of nitrogens with one attached hydrogen (secondary N) is 2. The number of carbonyl (C=O) groups is 1. The highest BCUT2D eigenvalue weighted by Crippen LogP contribution is 2.26. The maximum absolute atomic E-state index is 13.0. The molecule has 2 atom stereocenters. The largest absolute Gasteiger partial charge is 0.768 e. The number of aromatic nitrogens is 1. The van der Waals surface area contributed by atoms with E-state index in [4.69, 9.17) is 0 Å². The zero-order valence-electron chi connectivity index (χ0n) is 16.4. The standard InChI is InChI=1S/C21H20N6O3S/c28-21(24-14-8-9-22-20(12-14)26-10-3-11-26)17-13-23-19-7-6-16(25-27(17)19)15-4-1-2-5-18(15)31(29)30/h1-2,4-9,12-13,19,23H,3,10-11H2,(H,29,30)(H,22,24,28)/p-1.